The average Bonchev–Trinajstić information content (AvgIpc) is 2.85. The molecule has 0 aliphatic heterocycles. The minimum Gasteiger partial charge on any atom is -0.324 e. The molecule has 0 radical (unpaired) electrons. The van der Waals surface area contributed by atoms with Crippen LogP contribution in [0.2, 0.25) is 0 Å². The summed E-state index contributed by atoms with van der Waals surface area (Å²) < 4.78 is 1.16. The summed E-state index contributed by atoms with van der Waals surface area (Å²) in [7, 11) is 0. The molecule has 0 unspecified atom stereocenters. The molecule has 1 aromatic carbocycles. The van der Waals surface area contributed by atoms with Gasteiger partial charge in [0.2, 0.25) is 0 Å². The van der Waals surface area contributed by atoms with Crippen molar-refractivity contribution in [3.63, 3.8) is 0 Å². The van der Waals surface area contributed by atoms with Crippen molar-refractivity contribution in [3.8, 4) is 0 Å². The fourth-order valence-corrected chi connectivity index (χ4v) is 2.37. The maximum absolute atomic E-state index is 6.12. The van der Waals surface area contributed by atoms with E-state index in [2.05, 4.69) is 41.1 Å². The van der Waals surface area contributed by atoms with Crippen LogP contribution >= 0.6 is 15.9 Å². The zero-order valence-electron chi connectivity index (χ0n) is 7.76. The van der Waals surface area contributed by atoms with E-state index in [1.807, 2.05) is 0 Å². The highest BCUT2D eigenvalue weighted by Crippen LogP contribution is 2.41. The fraction of sp³-hybridized carbons (Fsp3) is 0.455. The van der Waals surface area contributed by atoms with Crippen LogP contribution in [0.3, 0.4) is 0 Å². The second-order valence-corrected chi connectivity index (χ2v) is 4.74. The maximum Gasteiger partial charge on any atom is 0.0334 e. The molecule has 1 aliphatic rings. The van der Waals surface area contributed by atoms with Gasteiger partial charge in [-0.05, 0) is 42.9 Å². The third kappa shape index (κ3) is 1.94. The van der Waals surface area contributed by atoms with Gasteiger partial charge < -0.3 is 5.73 Å². The Kier molecular flexibility index (Phi) is 2.43. The van der Waals surface area contributed by atoms with Crippen molar-refractivity contribution in [3.05, 3.63) is 33.8 Å². The molecule has 1 aliphatic carbocycles. The highest BCUT2D eigenvalue weighted by molar-refractivity contribution is 9.10. The van der Waals surface area contributed by atoms with Crippen LogP contribution in [0.4, 0.5) is 0 Å². The van der Waals surface area contributed by atoms with Crippen LogP contribution in [0.15, 0.2) is 22.7 Å². The fourth-order valence-electron chi connectivity index (χ4n) is 1.61. The largest absolute Gasteiger partial charge is 0.324 e. The lowest BCUT2D eigenvalue weighted by Gasteiger charge is -2.13. The summed E-state index contributed by atoms with van der Waals surface area (Å²) in [5.74, 6) is 0.721. The summed E-state index contributed by atoms with van der Waals surface area (Å²) in [6.45, 7) is 2.09. The summed E-state index contributed by atoms with van der Waals surface area (Å²) in [5.41, 5.74) is 8.66. The number of aryl methyl sites for hydroxylation is 1. The molecule has 0 saturated heterocycles. The molecule has 13 heavy (non-hydrogen) atoms. The lowest BCUT2D eigenvalue weighted by molar-refractivity contribution is 0.630. The van der Waals surface area contributed by atoms with Crippen LogP contribution in [-0.2, 0) is 0 Å². The molecule has 70 valence electrons. The second kappa shape index (κ2) is 3.43. The summed E-state index contributed by atoms with van der Waals surface area (Å²) in [4.78, 5) is 0. The van der Waals surface area contributed by atoms with Crippen molar-refractivity contribution in [1.29, 1.82) is 0 Å². The molecule has 0 spiro atoms. The smallest absolute Gasteiger partial charge is 0.0334 e. The van der Waals surface area contributed by atoms with Crippen LogP contribution in [0.25, 0.3) is 0 Å². The van der Waals surface area contributed by atoms with E-state index in [9.17, 15) is 0 Å². The van der Waals surface area contributed by atoms with Gasteiger partial charge >= 0.3 is 0 Å². The highest BCUT2D eigenvalue weighted by Gasteiger charge is 2.30. The van der Waals surface area contributed by atoms with E-state index < -0.39 is 0 Å². The van der Waals surface area contributed by atoms with Crippen LogP contribution in [0.1, 0.15) is 30.0 Å². The summed E-state index contributed by atoms with van der Waals surface area (Å²) in [6, 6.07) is 6.64. The van der Waals surface area contributed by atoms with E-state index in [0.29, 0.717) is 0 Å². The first-order valence-electron chi connectivity index (χ1n) is 4.70. The van der Waals surface area contributed by atoms with E-state index in [0.717, 1.165) is 10.4 Å². The van der Waals surface area contributed by atoms with Gasteiger partial charge in [-0.3, -0.25) is 0 Å². The zero-order chi connectivity index (χ0) is 9.42. The molecule has 2 heteroatoms. The SMILES string of the molecule is Cc1ccc([C@@H](N)C2CC2)c(Br)c1. The minimum absolute atomic E-state index is 0.231. The van der Waals surface area contributed by atoms with Gasteiger partial charge in [0.25, 0.3) is 0 Å². The van der Waals surface area contributed by atoms with Crippen LogP contribution in [0.5, 0.6) is 0 Å². The van der Waals surface area contributed by atoms with Crippen molar-refractivity contribution in [2.24, 2.45) is 11.7 Å². The Morgan fingerprint density at radius 1 is 1.46 bits per heavy atom. The zero-order valence-corrected chi connectivity index (χ0v) is 9.34. The Labute approximate surface area is 87.5 Å². The lowest BCUT2D eigenvalue weighted by Crippen LogP contribution is -2.12. The molecule has 0 aromatic heterocycles. The topological polar surface area (TPSA) is 26.0 Å². The van der Waals surface area contributed by atoms with Gasteiger partial charge in [-0.25, -0.2) is 0 Å². The molecule has 1 saturated carbocycles. The van der Waals surface area contributed by atoms with Crippen molar-refractivity contribution < 1.29 is 0 Å². The molecule has 2 rings (SSSR count). The van der Waals surface area contributed by atoms with Crippen molar-refractivity contribution >= 4 is 15.9 Å². The summed E-state index contributed by atoms with van der Waals surface area (Å²) >= 11 is 3.56. The Morgan fingerprint density at radius 3 is 2.69 bits per heavy atom. The van der Waals surface area contributed by atoms with Crippen LogP contribution in [0, 0.1) is 12.8 Å². The van der Waals surface area contributed by atoms with Gasteiger partial charge in [0, 0.05) is 10.5 Å². The molecule has 1 fully saturated rings. The number of halogens is 1. The van der Waals surface area contributed by atoms with Gasteiger partial charge in [0.05, 0.1) is 0 Å². The van der Waals surface area contributed by atoms with Gasteiger partial charge in [-0.1, -0.05) is 28.1 Å². The standard InChI is InChI=1S/C11H14BrN/c1-7-2-5-9(10(12)6-7)11(13)8-3-4-8/h2,5-6,8,11H,3-4,13H2,1H3/t11-/m0/s1. The van der Waals surface area contributed by atoms with Crippen LogP contribution < -0.4 is 5.73 Å². The predicted octanol–water partition coefficient (Wildman–Crippen LogP) is 3.17. The van der Waals surface area contributed by atoms with Gasteiger partial charge in [-0.2, -0.15) is 0 Å². The molecule has 1 atom stereocenters. The maximum atomic E-state index is 6.12. The number of hydrogen-bond donors (Lipinski definition) is 1. The summed E-state index contributed by atoms with van der Waals surface area (Å²) in [5, 5.41) is 0. The molecular formula is C11H14BrN. The van der Waals surface area contributed by atoms with Gasteiger partial charge in [-0.15, -0.1) is 0 Å². The molecule has 0 amide bonds. The highest BCUT2D eigenvalue weighted by atomic mass is 79.9. The molecule has 0 bridgehead atoms. The predicted molar refractivity (Wildman–Crippen MR) is 58.5 cm³/mol. The lowest BCUT2D eigenvalue weighted by atomic mass is 10.0. The van der Waals surface area contributed by atoms with Crippen LogP contribution in [-0.4, -0.2) is 0 Å². The van der Waals surface area contributed by atoms with Crippen molar-refractivity contribution in [1.82, 2.24) is 0 Å². The monoisotopic (exact) mass is 239 g/mol. The van der Waals surface area contributed by atoms with E-state index in [1.165, 1.54) is 24.0 Å². The van der Waals surface area contributed by atoms with E-state index in [4.69, 9.17) is 5.73 Å². The van der Waals surface area contributed by atoms with E-state index in [1.54, 1.807) is 0 Å². The van der Waals surface area contributed by atoms with Crippen molar-refractivity contribution in [2.75, 3.05) is 0 Å². The van der Waals surface area contributed by atoms with E-state index >= 15 is 0 Å². The Hall–Kier alpha value is -0.340. The molecular weight excluding hydrogens is 226 g/mol. The molecule has 0 heterocycles. The Bertz CT molecular complexity index is 318. The molecule has 2 N–H and O–H groups in total. The number of rotatable bonds is 2. The average molecular weight is 240 g/mol. The van der Waals surface area contributed by atoms with Crippen molar-refractivity contribution in [2.45, 2.75) is 25.8 Å². The number of benzene rings is 1. The van der Waals surface area contributed by atoms with E-state index in [-0.39, 0.29) is 6.04 Å². The number of hydrogen-bond acceptors (Lipinski definition) is 1. The number of nitrogens with two attached hydrogens (primary N) is 1. The Morgan fingerprint density at radius 2 is 2.15 bits per heavy atom. The van der Waals surface area contributed by atoms with Gasteiger partial charge in [0.1, 0.15) is 0 Å². The van der Waals surface area contributed by atoms with Gasteiger partial charge in [0.15, 0.2) is 0 Å². The minimum atomic E-state index is 0.231. The third-order valence-corrected chi connectivity index (χ3v) is 3.33. The second-order valence-electron chi connectivity index (χ2n) is 3.89. The first kappa shape index (κ1) is 9.22. The third-order valence-electron chi connectivity index (χ3n) is 2.64. The first-order chi connectivity index (χ1) is 6.18. The Balaban J connectivity index is 2.28. The normalized spacial score (nSPS) is 18.7. The molecule has 1 aromatic rings. The first-order valence-corrected chi connectivity index (χ1v) is 5.49. The summed E-state index contributed by atoms with van der Waals surface area (Å²) in [6.07, 6.45) is 2.59. The quantitative estimate of drug-likeness (QED) is 0.844. The molecule has 1 nitrogen and oxygen atoms in total.